The van der Waals surface area contributed by atoms with Crippen LogP contribution in [0.5, 0.6) is 5.75 Å². The van der Waals surface area contributed by atoms with Crippen LogP contribution in [0, 0.1) is 0 Å². The molecule has 2 rings (SSSR count). The number of carbonyl (C=O) groups excluding carboxylic acids is 1. The van der Waals surface area contributed by atoms with E-state index in [1.807, 2.05) is 24.3 Å². The van der Waals surface area contributed by atoms with Crippen molar-refractivity contribution in [2.45, 2.75) is 24.4 Å². The van der Waals surface area contributed by atoms with Crippen LogP contribution in [0.25, 0.3) is 0 Å². The lowest BCUT2D eigenvalue weighted by Gasteiger charge is -2.20. The van der Waals surface area contributed by atoms with Crippen LogP contribution in [0.15, 0.2) is 24.3 Å². The van der Waals surface area contributed by atoms with Crippen molar-refractivity contribution in [3.63, 3.8) is 0 Å². The van der Waals surface area contributed by atoms with Gasteiger partial charge in [-0.05, 0) is 30.5 Å². The van der Waals surface area contributed by atoms with E-state index in [0.29, 0.717) is 0 Å². The summed E-state index contributed by atoms with van der Waals surface area (Å²) in [5, 5.41) is 9.98. The van der Waals surface area contributed by atoms with E-state index in [4.69, 9.17) is 4.74 Å². The van der Waals surface area contributed by atoms with Gasteiger partial charge in [-0.1, -0.05) is 12.1 Å². The molecule has 1 atom stereocenters. The Morgan fingerprint density at radius 3 is 2.29 bits per heavy atom. The molecular formula is C13H16O4. The van der Waals surface area contributed by atoms with E-state index in [-0.39, 0.29) is 0 Å². The first kappa shape index (κ1) is 11.9. The molecule has 0 aromatic heterocycles. The quantitative estimate of drug-likeness (QED) is 0.800. The summed E-state index contributed by atoms with van der Waals surface area (Å²) in [4.78, 5) is 11.4. The third-order valence-electron chi connectivity index (χ3n) is 3.40. The van der Waals surface area contributed by atoms with E-state index in [2.05, 4.69) is 4.74 Å². The molecule has 17 heavy (non-hydrogen) atoms. The van der Waals surface area contributed by atoms with Crippen LogP contribution in [-0.4, -0.2) is 31.4 Å². The first-order valence-electron chi connectivity index (χ1n) is 5.54. The van der Waals surface area contributed by atoms with Crippen molar-refractivity contribution in [1.82, 2.24) is 0 Å². The summed E-state index contributed by atoms with van der Waals surface area (Å²) in [6.07, 6.45) is 0.520. The van der Waals surface area contributed by atoms with E-state index in [1.54, 1.807) is 7.11 Å². The number of hydrogen-bond donors (Lipinski definition) is 1. The summed E-state index contributed by atoms with van der Waals surface area (Å²) < 4.78 is 9.67. The molecule has 0 radical (unpaired) electrons. The summed E-state index contributed by atoms with van der Waals surface area (Å²) >= 11 is 0. The second-order valence-corrected chi connectivity index (χ2v) is 4.31. The molecule has 1 aromatic carbocycles. The van der Waals surface area contributed by atoms with Crippen LogP contribution in [0.2, 0.25) is 0 Å². The second kappa shape index (κ2) is 4.37. The third-order valence-corrected chi connectivity index (χ3v) is 3.40. The summed E-state index contributed by atoms with van der Waals surface area (Å²) in [5.41, 5.74) is 0.496. The molecule has 1 aliphatic rings. The largest absolute Gasteiger partial charge is 0.497 e. The molecule has 1 fully saturated rings. The Balaban J connectivity index is 2.23. The minimum atomic E-state index is -1.08. The van der Waals surface area contributed by atoms with Gasteiger partial charge in [-0.2, -0.15) is 0 Å². The molecule has 0 amide bonds. The number of aliphatic hydroxyl groups is 1. The average Bonchev–Trinajstić information content (AvgIpc) is 3.18. The molecule has 0 aliphatic heterocycles. The van der Waals surface area contributed by atoms with E-state index in [1.165, 1.54) is 7.11 Å². The highest BCUT2D eigenvalue weighted by molar-refractivity contribution is 5.77. The Labute approximate surface area is 100 Å². The van der Waals surface area contributed by atoms with Gasteiger partial charge in [0.15, 0.2) is 6.10 Å². The van der Waals surface area contributed by atoms with E-state index in [9.17, 15) is 9.90 Å². The van der Waals surface area contributed by atoms with E-state index < -0.39 is 17.5 Å². The van der Waals surface area contributed by atoms with Crippen LogP contribution in [0.4, 0.5) is 0 Å². The van der Waals surface area contributed by atoms with Gasteiger partial charge in [-0.15, -0.1) is 0 Å². The normalized spacial score (nSPS) is 18.3. The van der Waals surface area contributed by atoms with Gasteiger partial charge in [-0.3, -0.25) is 0 Å². The zero-order valence-electron chi connectivity index (χ0n) is 9.97. The molecule has 4 heteroatoms. The fraction of sp³-hybridized carbons (Fsp3) is 0.462. The van der Waals surface area contributed by atoms with Gasteiger partial charge in [0.25, 0.3) is 0 Å². The fourth-order valence-electron chi connectivity index (χ4n) is 2.11. The zero-order valence-corrected chi connectivity index (χ0v) is 9.97. The highest BCUT2D eigenvalue weighted by Gasteiger charge is 2.53. The molecule has 1 unspecified atom stereocenters. The number of methoxy groups -OCH3 is 2. The van der Waals surface area contributed by atoms with Crippen molar-refractivity contribution in [2.24, 2.45) is 0 Å². The third kappa shape index (κ3) is 2.00. The lowest BCUT2D eigenvalue weighted by molar-refractivity contribution is -0.152. The standard InChI is InChI=1S/C13H16O4/c1-16-10-5-3-9(4-6-10)13(7-8-13)11(14)12(15)17-2/h3-6,11,14H,7-8H2,1-2H3. The molecule has 0 saturated heterocycles. The second-order valence-electron chi connectivity index (χ2n) is 4.31. The number of rotatable bonds is 4. The predicted molar refractivity (Wildman–Crippen MR) is 61.9 cm³/mol. The van der Waals surface area contributed by atoms with Gasteiger partial charge >= 0.3 is 5.97 Å². The molecule has 1 saturated carbocycles. The molecule has 1 aliphatic carbocycles. The van der Waals surface area contributed by atoms with Crippen molar-refractivity contribution in [3.8, 4) is 5.75 Å². The zero-order chi connectivity index (χ0) is 12.5. The number of carbonyl (C=O) groups is 1. The lowest BCUT2D eigenvalue weighted by atomic mass is 9.90. The number of ether oxygens (including phenoxy) is 2. The minimum Gasteiger partial charge on any atom is -0.497 e. The van der Waals surface area contributed by atoms with Crippen molar-refractivity contribution in [2.75, 3.05) is 14.2 Å². The van der Waals surface area contributed by atoms with Gasteiger partial charge in [0.1, 0.15) is 5.75 Å². The van der Waals surface area contributed by atoms with Crippen LogP contribution >= 0.6 is 0 Å². The van der Waals surface area contributed by atoms with Crippen LogP contribution < -0.4 is 4.74 Å². The molecule has 1 aromatic rings. The lowest BCUT2D eigenvalue weighted by Crippen LogP contribution is -2.34. The number of aliphatic hydroxyl groups excluding tert-OH is 1. The minimum absolute atomic E-state index is 0.459. The SMILES string of the molecule is COC(=O)C(O)C1(c2ccc(OC)cc2)CC1. The van der Waals surface area contributed by atoms with Crippen LogP contribution in [0.1, 0.15) is 18.4 Å². The van der Waals surface area contributed by atoms with Gasteiger partial charge < -0.3 is 14.6 Å². The topological polar surface area (TPSA) is 55.8 Å². The van der Waals surface area contributed by atoms with Gasteiger partial charge in [-0.25, -0.2) is 4.79 Å². The van der Waals surface area contributed by atoms with Crippen molar-refractivity contribution in [1.29, 1.82) is 0 Å². The number of hydrogen-bond acceptors (Lipinski definition) is 4. The molecular weight excluding hydrogens is 220 g/mol. The highest BCUT2D eigenvalue weighted by atomic mass is 16.5. The average molecular weight is 236 g/mol. The Kier molecular flexibility index (Phi) is 3.07. The molecule has 0 bridgehead atoms. The molecule has 0 spiro atoms. The molecule has 4 nitrogen and oxygen atoms in total. The summed E-state index contributed by atoms with van der Waals surface area (Å²) in [7, 11) is 2.89. The summed E-state index contributed by atoms with van der Waals surface area (Å²) in [6, 6.07) is 7.44. The van der Waals surface area contributed by atoms with Gasteiger partial charge in [0.2, 0.25) is 0 Å². The monoisotopic (exact) mass is 236 g/mol. The molecule has 92 valence electrons. The molecule has 1 N–H and O–H groups in total. The predicted octanol–water partition coefficient (Wildman–Crippen LogP) is 1.26. The van der Waals surface area contributed by atoms with Crippen molar-refractivity contribution in [3.05, 3.63) is 29.8 Å². The first-order valence-corrected chi connectivity index (χ1v) is 5.54. The smallest absolute Gasteiger partial charge is 0.335 e. The highest BCUT2D eigenvalue weighted by Crippen LogP contribution is 2.51. The Hall–Kier alpha value is -1.55. The Morgan fingerprint density at radius 2 is 1.88 bits per heavy atom. The van der Waals surface area contributed by atoms with Crippen LogP contribution in [0.3, 0.4) is 0 Å². The van der Waals surface area contributed by atoms with Crippen LogP contribution in [-0.2, 0) is 14.9 Å². The Bertz CT molecular complexity index is 406. The Morgan fingerprint density at radius 1 is 1.29 bits per heavy atom. The van der Waals surface area contributed by atoms with E-state index >= 15 is 0 Å². The van der Waals surface area contributed by atoms with Gasteiger partial charge in [0.05, 0.1) is 14.2 Å². The van der Waals surface area contributed by atoms with E-state index in [0.717, 1.165) is 24.2 Å². The number of esters is 1. The van der Waals surface area contributed by atoms with Gasteiger partial charge in [0, 0.05) is 5.41 Å². The summed E-state index contributed by atoms with van der Waals surface area (Å²) in [5.74, 6) is 0.190. The fourth-order valence-corrected chi connectivity index (χ4v) is 2.11. The van der Waals surface area contributed by atoms with Crippen molar-refractivity contribution >= 4 is 5.97 Å². The first-order chi connectivity index (χ1) is 8.14. The maximum atomic E-state index is 11.4. The summed E-state index contributed by atoms with van der Waals surface area (Å²) in [6.45, 7) is 0. The number of benzene rings is 1. The maximum Gasteiger partial charge on any atom is 0.335 e. The maximum absolute atomic E-state index is 11.4. The molecule has 0 heterocycles. The van der Waals surface area contributed by atoms with Crippen molar-refractivity contribution < 1.29 is 19.4 Å².